The van der Waals surface area contributed by atoms with Crippen molar-refractivity contribution < 1.29 is 13.2 Å². The van der Waals surface area contributed by atoms with Crippen molar-refractivity contribution in [2.24, 2.45) is 0 Å². The molecule has 1 heterocycles. The predicted molar refractivity (Wildman–Crippen MR) is 66.6 cm³/mol. The van der Waals surface area contributed by atoms with E-state index in [0.717, 1.165) is 13.1 Å². The second-order valence-corrected chi connectivity index (χ2v) is 5.63. The van der Waals surface area contributed by atoms with E-state index < -0.39 is 10.0 Å². The first kappa shape index (κ1) is 16.1. The lowest BCUT2D eigenvalue weighted by atomic mass is 10.2. The van der Waals surface area contributed by atoms with Crippen LogP contribution in [0.1, 0.15) is 19.8 Å². The average molecular weight is 273 g/mol. The third-order valence-corrected chi connectivity index (χ3v) is 4.43. The van der Waals surface area contributed by atoms with Crippen molar-refractivity contribution in [3.05, 3.63) is 0 Å². The van der Waals surface area contributed by atoms with E-state index in [1.165, 1.54) is 0 Å². The number of hydrogen-bond acceptors (Lipinski definition) is 4. The zero-order valence-electron chi connectivity index (χ0n) is 9.57. The molecule has 98 valence electrons. The number of hydrogen-bond donors (Lipinski definition) is 2. The molecule has 0 amide bonds. The van der Waals surface area contributed by atoms with E-state index in [4.69, 9.17) is 4.74 Å². The first-order chi connectivity index (χ1) is 7.17. The van der Waals surface area contributed by atoms with Crippen molar-refractivity contribution >= 4 is 22.4 Å². The zero-order valence-corrected chi connectivity index (χ0v) is 11.2. The van der Waals surface area contributed by atoms with Gasteiger partial charge in [0.25, 0.3) is 0 Å². The smallest absolute Gasteiger partial charge is 0.214 e. The Labute approximate surface area is 104 Å². The highest BCUT2D eigenvalue weighted by atomic mass is 35.5. The van der Waals surface area contributed by atoms with Gasteiger partial charge < -0.3 is 10.1 Å². The standard InChI is InChI=1S/C9H20N2O3S.ClH/c1-2-14-8-7-11-15(12,13)9-3-5-10-6-4-9;/h9-11H,2-8H2,1H3;1H. The summed E-state index contributed by atoms with van der Waals surface area (Å²) in [6, 6.07) is 0. The van der Waals surface area contributed by atoms with Gasteiger partial charge in [0.15, 0.2) is 0 Å². The summed E-state index contributed by atoms with van der Waals surface area (Å²) in [4.78, 5) is 0. The summed E-state index contributed by atoms with van der Waals surface area (Å²) in [6.07, 6.45) is 1.40. The van der Waals surface area contributed by atoms with Crippen LogP contribution in [-0.4, -0.2) is 46.5 Å². The highest BCUT2D eigenvalue weighted by Crippen LogP contribution is 2.11. The molecule has 0 atom stereocenters. The van der Waals surface area contributed by atoms with Crippen LogP contribution in [0.3, 0.4) is 0 Å². The summed E-state index contributed by atoms with van der Waals surface area (Å²) < 4.78 is 31.2. The van der Waals surface area contributed by atoms with Crippen LogP contribution >= 0.6 is 12.4 Å². The highest BCUT2D eigenvalue weighted by Gasteiger charge is 2.26. The van der Waals surface area contributed by atoms with Crippen LogP contribution < -0.4 is 10.0 Å². The maximum Gasteiger partial charge on any atom is 0.214 e. The van der Waals surface area contributed by atoms with Crippen molar-refractivity contribution in [2.45, 2.75) is 25.0 Å². The van der Waals surface area contributed by atoms with Crippen molar-refractivity contribution in [3.63, 3.8) is 0 Å². The number of sulfonamides is 1. The van der Waals surface area contributed by atoms with Gasteiger partial charge in [0, 0.05) is 13.2 Å². The van der Waals surface area contributed by atoms with Gasteiger partial charge in [-0.25, -0.2) is 13.1 Å². The van der Waals surface area contributed by atoms with Gasteiger partial charge in [-0.2, -0.15) is 0 Å². The van der Waals surface area contributed by atoms with E-state index >= 15 is 0 Å². The Bertz CT molecular complexity index is 266. The molecular weight excluding hydrogens is 252 g/mol. The molecule has 0 saturated carbocycles. The fourth-order valence-corrected chi connectivity index (χ4v) is 3.08. The Morgan fingerprint density at radius 2 is 2.00 bits per heavy atom. The van der Waals surface area contributed by atoms with Crippen LogP contribution in [0.15, 0.2) is 0 Å². The molecule has 1 saturated heterocycles. The Balaban J connectivity index is 0.00000225. The van der Waals surface area contributed by atoms with E-state index in [-0.39, 0.29) is 17.7 Å². The zero-order chi connectivity index (χ0) is 11.1. The maximum absolute atomic E-state index is 11.8. The molecule has 16 heavy (non-hydrogen) atoms. The Hall–Kier alpha value is 0.120. The summed E-state index contributed by atoms with van der Waals surface area (Å²) in [6.45, 7) is 4.91. The molecule has 7 heteroatoms. The second kappa shape index (κ2) is 8.25. The van der Waals surface area contributed by atoms with Gasteiger partial charge in [0.1, 0.15) is 0 Å². The Morgan fingerprint density at radius 3 is 2.56 bits per heavy atom. The largest absolute Gasteiger partial charge is 0.380 e. The van der Waals surface area contributed by atoms with E-state index in [9.17, 15) is 8.42 Å². The average Bonchev–Trinajstić information content (AvgIpc) is 2.26. The highest BCUT2D eigenvalue weighted by molar-refractivity contribution is 7.90. The molecule has 1 fully saturated rings. The summed E-state index contributed by atoms with van der Waals surface area (Å²) in [5, 5.41) is 2.91. The molecule has 5 nitrogen and oxygen atoms in total. The van der Waals surface area contributed by atoms with Gasteiger partial charge in [0.2, 0.25) is 10.0 Å². The van der Waals surface area contributed by atoms with Gasteiger partial charge in [-0.15, -0.1) is 12.4 Å². The van der Waals surface area contributed by atoms with E-state index in [1.807, 2.05) is 6.92 Å². The first-order valence-corrected chi connectivity index (χ1v) is 6.98. The maximum atomic E-state index is 11.8. The molecule has 0 aromatic carbocycles. The van der Waals surface area contributed by atoms with E-state index in [0.29, 0.717) is 32.6 Å². The summed E-state index contributed by atoms with van der Waals surface area (Å²) in [5.41, 5.74) is 0. The molecule has 0 bridgehead atoms. The molecule has 0 aliphatic carbocycles. The van der Waals surface area contributed by atoms with Crippen molar-refractivity contribution in [1.29, 1.82) is 0 Å². The molecule has 2 N–H and O–H groups in total. The van der Waals surface area contributed by atoms with Crippen LogP contribution in [0, 0.1) is 0 Å². The van der Waals surface area contributed by atoms with Crippen LogP contribution in [0.25, 0.3) is 0 Å². The normalized spacial score (nSPS) is 18.1. The third kappa shape index (κ3) is 5.45. The van der Waals surface area contributed by atoms with Crippen LogP contribution in [-0.2, 0) is 14.8 Å². The summed E-state index contributed by atoms with van der Waals surface area (Å²) >= 11 is 0. The fraction of sp³-hybridized carbons (Fsp3) is 1.00. The lowest BCUT2D eigenvalue weighted by Crippen LogP contribution is -2.42. The number of nitrogens with one attached hydrogen (secondary N) is 2. The number of rotatable bonds is 6. The molecule has 1 aliphatic heterocycles. The monoisotopic (exact) mass is 272 g/mol. The van der Waals surface area contributed by atoms with E-state index in [1.54, 1.807) is 0 Å². The van der Waals surface area contributed by atoms with Crippen LogP contribution in [0.5, 0.6) is 0 Å². The molecule has 0 unspecified atom stereocenters. The van der Waals surface area contributed by atoms with Gasteiger partial charge in [0.05, 0.1) is 11.9 Å². The molecule has 0 radical (unpaired) electrons. The molecule has 0 spiro atoms. The topological polar surface area (TPSA) is 67.4 Å². The lowest BCUT2D eigenvalue weighted by molar-refractivity contribution is 0.153. The molecule has 1 aliphatic rings. The molecule has 1 rings (SSSR count). The number of halogens is 1. The molecule has 0 aromatic rings. The number of piperidine rings is 1. The minimum absolute atomic E-state index is 0. The quantitative estimate of drug-likeness (QED) is 0.674. The third-order valence-electron chi connectivity index (χ3n) is 2.48. The Kier molecular flexibility index (Phi) is 8.31. The van der Waals surface area contributed by atoms with Crippen molar-refractivity contribution in [3.8, 4) is 0 Å². The Morgan fingerprint density at radius 1 is 1.38 bits per heavy atom. The fourth-order valence-electron chi connectivity index (χ4n) is 1.62. The van der Waals surface area contributed by atoms with Crippen LogP contribution in [0.2, 0.25) is 0 Å². The number of ether oxygens (including phenoxy) is 1. The van der Waals surface area contributed by atoms with Gasteiger partial charge in [-0.3, -0.25) is 0 Å². The van der Waals surface area contributed by atoms with Crippen LogP contribution in [0.4, 0.5) is 0 Å². The minimum Gasteiger partial charge on any atom is -0.380 e. The molecule has 0 aromatic heterocycles. The van der Waals surface area contributed by atoms with Gasteiger partial charge >= 0.3 is 0 Å². The predicted octanol–water partition coefficient (Wildman–Crippen LogP) is 0.116. The minimum atomic E-state index is -3.13. The molecular formula is C9H21ClN2O3S. The van der Waals surface area contributed by atoms with Gasteiger partial charge in [-0.1, -0.05) is 0 Å². The summed E-state index contributed by atoms with van der Waals surface area (Å²) in [5.74, 6) is 0. The van der Waals surface area contributed by atoms with E-state index in [2.05, 4.69) is 10.0 Å². The van der Waals surface area contributed by atoms with Crippen molar-refractivity contribution in [1.82, 2.24) is 10.0 Å². The van der Waals surface area contributed by atoms with Crippen molar-refractivity contribution in [2.75, 3.05) is 32.8 Å². The second-order valence-electron chi connectivity index (χ2n) is 3.59. The SMILES string of the molecule is CCOCCNS(=O)(=O)C1CCNCC1.Cl. The first-order valence-electron chi connectivity index (χ1n) is 5.43. The van der Waals surface area contributed by atoms with Gasteiger partial charge in [-0.05, 0) is 32.9 Å². The summed E-state index contributed by atoms with van der Waals surface area (Å²) in [7, 11) is -3.13. The lowest BCUT2D eigenvalue weighted by Gasteiger charge is -2.22.